The van der Waals surface area contributed by atoms with E-state index >= 15 is 0 Å². The van der Waals surface area contributed by atoms with E-state index < -0.39 is 22.6 Å². The number of hydrogen-bond acceptors (Lipinski definition) is 6. The van der Waals surface area contributed by atoms with Crippen molar-refractivity contribution < 1.29 is 9.90 Å². The second-order valence-electron chi connectivity index (χ2n) is 9.42. The van der Waals surface area contributed by atoms with Gasteiger partial charge >= 0.3 is 0 Å². The van der Waals surface area contributed by atoms with E-state index in [1.165, 1.54) is 10.9 Å². The molecule has 32 heavy (non-hydrogen) atoms. The third-order valence-electron chi connectivity index (χ3n) is 6.39. The number of nitrogens with two attached hydrogens (primary N) is 1. The molecule has 0 aliphatic heterocycles. The third-order valence-corrected chi connectivity index (χ3v) is 6.39. The van der Waals surface area contributed by atoms with Gasteiger partial charge in [0.25, 0.3) is 11.3 Å². The van der Waals surface area contributed by atoms with Crippen LogP contribution in [0.25, 0.3) is 11.0 Å². The second-order valence-corrected chi connectivity index (χ2v) is 9.42. The van der Waals surface area contributed by atoms with Crippen molar-refractivity contribution in [2.24, 2.45) is 5.73 Å². The van der Waals surface area contributed by atoms with Gasteiger partial charge in [-0.15, -0.1) is 0 Å². The number of fused-ring (bicyclic) bond motifs is 1. The maximum absolute atomic E-state index is 12.7. The predicted molar refractivity (Wildman–Crippen MR) is 122 cm³/mol. The lowest BCUT2D eigenvalue weighted by Gasteiger charge is -2.32. The van der Waals surface area contributed by atoms with Gasteiger partial charge in [-0.2, -0.15) is 5.10 Å². The molecule has 4 rings (SSSR count). The minimum absolute atomic E-state index is 0.196. The maximum Gasteiger partial charge on any atom is 0.276 e. The molecule has 4 N–H and O–H groups in total. The highest BCUT2D eigenvalue weighted by atomic mass is 16.3. The molecule has 3 heterocycles. The van der Waals surface area contributed by atoms with Crippen molar-refractivity contribution in [3.63, 3.8) is 0 Å². The molecule has 0 saturated heterocycles. The highest BCUT2D eigenvalue weighted by Gasteiger charge is 2.38. The topological polar surface area (TPSA) is 128 Å². The van der Waals surface area contributed by atoms with Gasteiger partial charge < -0.3 is 20.7 Å². The summed E-state index contributed by atoms with van der Waals surface area (Å²) in [6.45, 7) is 6.18. The van der Waals surface area contributed by atoms with Crippen LogP contribution in [0.5, 0.6) is 5.75 Å². The van der Waals surface area contributed by atoms with Crippen LogP contribution in [0.1, 0.15) is 55.6 Å². The molecule has 0 unspecified atom stereocenters. The molecule has 1 saturated carbocycles. The van der Waals surface area contributed by atoms with Crippen molar-refractivity contribution in [3.05, 3.63) is 52.2 Å². The predicted octanol–water partition coefficient (Wildman–Crippen LogP) is 2.04. The summed E-state index contributed by atoms with van der Waals surface area (Å²) in [4.78, 5) is 29.8. The Balaban J connectivity index is 1.75. The van der Waals surface area contributed by atoms with Crippen LogP contribution in [0.4, 0.5) is 0 Å². The SMILES string of the molecule is Cc1cn(C2(Cn3cc(O)c(=O)c(C(=O)NC(C)(C)CN)n3)CCCC2)c2ncccc12. The minimum atomic E-state index is -0.795. The Morgan fingerprint density at radius 3 is 2.72 bits per heavy atom. The van der Waals surface area contributed by atoms with E-state index in [4.69, 9.17) is 5.73 Å². The lowest BCUT2D eigenvalue weighted by atomic mass is 9.97. The van der Waals surface area contributed by atoms with E-state index in [1.54, 1.807) is 20.0 Å². The zero-order valence-electron chi connectivity index (χ0n) is 18.8. The lowest BCUT2D eigenvalue weighted by molar-refractivity contribution is 0.0904. The minimum Gasteiger partial charge on any atom is -0.503 e. The Morgan fingerprint density at radius 1 is 1.31 bits per heavy atom. The summed E-state index contributed by atoms with van der Waals surface area (Å²) >= 11 is 0. The summed E-state index contributed by atoms with van der Waals surface area (Å²) in [6, 6.07) is 3.98. The van der Waals surface area contributed by atoms with E-state index in [9.17, 15) is 14.7 Å². The summed E-state index contributed by atoms with van der Waals surface area (Å²) in [6.07, 6.45) is 9.12. The van der Waals surface area contributed by atoms with Crippen LogP contribution in [0.3, 0.4) is 0 Å². The van der Waals surface area contributed by atoms with Gasteiger partial charge in [0.15, 0.2) is 11.4 Å². The van der Waals surface area contributed by atoms with E-state index in [-0.39, 0.29) is 17.8 Å². The van der Waals surface area contributed by atoms with Gasteiger partial charge in [-0.05, 0) is 51.3 Å². The first-order valence-electron chi connectivity index (χ1n) is 10.9. The molecule has 170 valence electrons. The molecule has 0 spiro atoms. The van der Waals surface area contributed by atoms with Crippen molar-refractivity contribution in [1.82, 2.24) is 24.6 Å². The summed E-state index contributed by atoms with van der Waals surface area (Å²) in [5, 5.41) is 18.4. The smallest absolute Gasteiger partial charge is 0.276 e. The molecule has 0 radical (unpaired) electrons. The zero-order valence-corrected chi connectivity index (χ0v) is 18.8. The molecule has 1 aliphatic rings. The normalized spacial score (nSPS) is 15.9. The lowest BCUT2D eigenvalue weighted by Crippen LogP contribution is -2.50. The second kappa shape index (κ2) is 8.05. The number of aromatic hydroxyl groups is 1. The Morgan fingerprint density at radius 2 is 2.03 bits per heavy atom. The highest BCUT2D eigenvalue weighted by Crippen LogP contribution is 2.40. The molecule has 1 fully saturated rings. The standard InChI is InChI=1S/C23H30N6O3/c1-15-11-29(20-16(15)7-6-10-25-20)23(8-4-5-9-23)14-28-12-17(30)19(31)18(27-28)21(32)26-22(2,3)13-24/h6-7,10-12,30H,4-5,8-9,13-14,24H2,1-3H3,(H,26,32). The molecule has 3 aromatic heterocycles. The number of carbonyl (C=O) groups excluding carboxylic acids is 1. The fourth-order valence-corrected chi connectivity index (χ4v) is 4.56. The number of aryl methyl sites for hydroxylation is 1. The molecule has 0 aromatic carbocycles. The van der Waals surface area contributed by atoms with E-state index in [1.807, 2.05) is 6.07 Å². The number of pyridine rings is 1. The molecule has 0 atom stereocenters. The molecule has 9 heteroatoms. The van der Waals surface area contributed by atoms with Gasteiger partial charge in [0.05, 0.1) is 18.3 Å². The number of rotatable bonds is 6. The van der Waals surface area contributed by atoms with Gasteiger partial charge in [-0.1, -0.05) is 12.8 Å². The van der Waals surface area contributed by atoms with Crippen LogP contribution in [0.15, 0.2) is 35.5 Å². The van der Waals surface area contributed by atoms with Gasteiger partial charge in [-0.3, -0.25) is 14.3 Å². The summed E-state index contributed by atoms with van der Waals surface area (Å²) in [5.74, 6) is -1.16. The largest absolute Gasteiger partial charge is 0.503 e. The summed E-state index contributed by atoms with van der Waals surface area (Å²) in [7, 11) is 0. The molecular formula is C23H30N6O3. The number of carbonyl (C=O) groups is 1. The number of nitrogens with zero attached hydrogens (tertiary/aromatic N) is 4. The van der Waals surface area contributed by atoms with Gasteiger partial charge in [0, 0.05) is 29.9 Å². The Hall–Kier alpha value is -3.20. The van der Waals surface area contributed by atoms with Gasteiger partial charge in [0.1, 0.15) is 5.65 Å². The molecule has 1 amide bonds. The first-order chi connectivity index (χ1) is 15.2. The van der Waals surface area contributed by atoms with E-state index in [0.717, 1.165) is 42.3 Å². The maximum atomic E-state index is 12.7. The Bertz CT molecular complexity index is 1220. The fraction of sp³-hybridized carbons (Fsp3) is 0.478. The monoisotopic (exact) mass is 438 g/mol. The number of nitrogens with one attached hydrogen (secondary N) is 1. The third kappa shape index (κ3) is 3.88. The average molecular weight is 439 g/mol. The average Bonchev–Trinajstić information content (AvgIpc) is 3.36. The highest BCUT2D eigenvalue weighted by molar-refractivity contribution is 5.92. The Kier molecular flexibility index (Phi) is 5.54. The van der Waals surface area contributed by atoms with Crippen molar-refractivity contribution in [3.8, 4) is 5.75 Å². The number of amides is 1. The molecule has 3 aromatic rings. The number of hydrogen-bond donors (Lipinski definition) is 3. The van der Waals surface area contributed by atoms with Gasteiger partial charge in [-0.25, -0.2) is 4.98 Å². The van der Waals surface area contributed by atoms with E-state index in [2.05, 4.69) is 39.2 Å². The number of aromatic nitrogens is 4. The van der Waals surface area contributed by atoms with Crippen LogP contribution in [-0.2, 0) is 12.1 Å². The fourth-order valence-electron chi connectivity index (χ4n) is 4.56. The van der Waals surface area contributed by atoms with Gasteiger partial charge in [0.2, 0.25) is 0 Å². The Labute approximate surface area is 186 Å². The van der Waals surface area contributed by atoms with Crippen molar-refractivity contribution in [2.45, 2.75) is 64.1 Å². The van der Waals surface area contributed by atoms with Crippen LogP contribution in [0, 0.1) is 6.92 Å². The molecular weight excluding hydrogens is 408 g/mol. The van der Waals surface area contributed by atoms with Crippen molar-refractivity contribution in [2.75, 3.05) is 6.54 Å². The molecule has 0 bridgehead atoms. The van der Waals surface area contributed by atoms with Crippen LogP contribution in [-0.4, -0.2) is 42.4 Å². The zero-order chi connectivity index (χ0) is 23.1. The first-order valence-corrected chi connectivity index (χ1v) is 10.9. The molecule has 9 nitrogen and oxygen atoms in total. The van der Waals surface area contributed by atoms with E-state index in [0.29, 0.717) is 6.54 Å². The quantitative estimate of drug-likeness (QED) is 0.540. The summed E-state index contributed by atoms with van der Waals surface area (Å²) in [5.41, 5.74) is 5.57. The molecule has 1 aliphatic carbocycles. The van der Waals surface area contributed by atoms with Crippen molar-refractivity contribution in [1.29, 1.82) is 0 Å². The van der Waals surface area contributed by atoms with Crippen molar-refractivity contribution >= 4 is 16.9 Å². The van der Waals surface area contributed by atoms with Crippen LogP contribution < -0.4 is 16.5 Å². The van der Waals surface area contributed by atoms with Crippen LogP contribution in [0.2, 0.25) is 0 Å². The van der Waals surface area contributed by atoms with Crippen LogP contribution >= 0.6 is 0 Å². The first kappa shape index (κ1) is 22.0. The summed E-state index contributed by atoms with van der Waals surface area (Å²) < 4.78 is 3.72.